The van der Waals surface area contributed by atoms with Crippen LogP contribution in [0.2, 0.25) is 0 Å². The lowest BCUT2D eigenvalue weighted by molar-refractivity contribution is 1.18. The lowest BCUT2D eigenvalue weighted by Gasteiger charge is -2.09. The summed E-state index contributed by atoms with van der Waals surface area (Å²) in [4.78, 5) is 2.69. The fourth-order valence-corrected chi connectivity index (χ4v) is 2.42. The monoisotopic (exact) mass is 232 g/mol. The van der Waals surface area contributed by atoms with Gasteiger partial charge in [0.15, 0.2) is 0 Å². The Balaban J connectivity index is 2.07. The van der Waals surface area contributed by atoms with Crippen molar-refractivity contribution in [2.45, 2.75) is 20.4 Å². The Morgan fingerprint density at radius 1 is 1.19 bits per heavy atom. The van der Waals surface area contributed by atoms with Gasteiger partial charge in [-0.3, -0.25) is 0 Å². The molecule has 0 aliphatic carbocycles. The SMILES string of the molecule is Cc1ccc(CNc2cc(N)ccc2C)s1. The Morgan fingerprint density at radius 3 is 2.69 bits per heavy atom. The van der Waals surface area contributed by atoms with E-state index in [-0.39, 0.29) is 0 Å². The molecule has 0 spiro atoms. The second-order valence-corrected chi connectivity index (χ2v) is 5.31. The first-order chi connectivity index (χ1) is 7.65. The van der Waals surface area contributed by atoms with Crippen LogP contribution in [-0.4, -0.2) is 0 Å². The Kier molecular flexibility index (Phi) is 3.15. The van der Waals surface area contributed by atoms with E-state index in [0.717, 1.165) is 17.9 Å². The summed E-state index contributed by atoms with van der Waals surface area (Å²) in [5.41, 5.74) is 8.91. The predicted molar refractivity (Wildman–Crippen MR) is 72.0 cm³/mol. The van der Waals surface area contributed by atoms with Crippen molar-refractivity contribution in [3.05, 3.63) is 45.6 Å². The van der Waals surface area contributed by atoms with Crippen molar-refractivity contribution in [1.29, 1.82) is 0 Å². The molecule has 1 aromatic heterocycles. The topological polar surface area (TPSA) is 38.0 Å². The molecule has 0 amide bonds. The van der Waals surface area contributed by atoms with Crippen LogP contribution in [0.4, 0.5) is 11.4 Å². The van der Waals surface area contributed by atoms with Gasteiger partial charge in [0.25, 0.3) is 0 Å². The van der Waals surface area contributed by atoms with Crippen molar-refractivity contribution in [1.82, 2.24) is 0 Å². The molecular weight excluding hydrogens is 216 g/mol. The standard InChI is InChI=1S/C13H16N2S/c1-9-3-5-11(14)7-13(9)15-8-12-6-4-10(2)16-12/h3-7,15H,8,14H2,1-2H3. The third-order valence-electron chi connectivity index (χ3n) is 2.51. The molecule has 0 atom stereocenters. The highest BCUT2D eigenvalue weighted by molar-refractivity contribution is 7.11. The number of nitrogens with one attached hydrogen (secondary N) is 1. The van der Waals surface area contributed by atoms with Crippen LogP contribution >= 0.6 is 11.3 Å². The molecule has 1 aromatic carbocycles. The maximum atomic E-state index is 5.76. The number of rotatable bonds is 3. The molecule has 0 saturated carbocycles. The molecule has 0 saturated heterocycles. The van der Waals surface area contributed by atoms with E-state index in [1.165, 1.54) is 15.3 Å². The second-order valence-electron chi connectivity index (χ2n) is 3.94. The molecule has 16 heavy (non-hydrogen) atoms. The summed E-state index contributed by atoms with van der Waals surface area (Å²) in [6.45, 7) is 5.07. The van der Waals surface area contributed by atoms with Gasteiger partial charge in [0.1, 0.15) is 0 Å². The van der Waals surface area contributed by atoms with E-state index >= 15 is 0 Å². The molecule has 84 valence electrons. The van der Waals surface area contributed by atoms with Crippen LogP contribution in [0.1, 0.15) is 15.3 Å². The van der Waals surface area contributed by atoms with Crippen LogP contribution in [0.25, 0.3) is 0 Å². The zero-order valence-electron chi connectivity index (χ0n) is 9.58. The summed E-state index contributed by atoms with van der Waals surface area (Å²) < 4.78 is 0. The number of benzene rings is 1. The Morgan fingerprint density at radius 2 is 2.00 bits per heavy atom. The minimum atomic E-state index is 0.801. The fraction of sp³-hybridized carbons (Fsp3) is 0.231. The van der Waals surface area contributed by atoms with Crippen molar-refractivity contribution in [2.24, 2.45) is 0 Å². The highest BCUT2D eigenvalue weighted by atomic mass is 32.1. The first-order valence-corrected chi connectivity index (χ1v) is 6.12. The van der Waals surface area contributed by atoms with Crippen LogP contribution in [-0.2, 0) is 6.54 Å². The van der Waals surface area contributed by atoms with Crippen LogP contribution in [0, 0.1) is 13.8 Å². The average Bonchev–Trinajstić information content (AvgIpc) is 2.66. The van der Waals surface area contributed by atoms with Crippen molar-refractivity contribution in [2.75, 3.05) is 11.1 Å². The number of thiophene rings is 1. The van der Waals surface area contributed by atoms with Gasteiger partial charge in [-0.1, -0.05) is 6.07 Å². The van der Waals surface area contributed by atoms with Crippen molar-refractivity contribution >= 4 is 22.7 Å². The lowest BCUT2D eigenvalue weighted by Crippen LogP contribution is -2.00. The highest BCUT2D eigenvalue weighted by Crippen LogP contribution is 2.21. The van der Waals surface area contributed by atoms with Gasteiger partial charge in [0.2, 0.25) is 0 Å². The summed E-state index contributed by atoms with van der Waals surface area (Å²) in [5.74, 6) is 0. The van der Waals surface area contributed by atoms with Gasteiger partial charge < -0.3 is 11.1 Å². The van der Waals surface area contributed by atoms with Crippen molar-refractivity contribution in [3.63, 3.8) is 0 Å². The maximum Gasteiger partial charge on any atom is 0.0494 e. The minimum Gasteiger partial charge on any atom is -0.399 e. The van der Waals surface area contributed by atoms with Gasteiger partial charge >= 0.3 is 0 Å². The zero-order chi connectivity index (χ0) is 11.5. The van der Waals surface area contributed by atoms with Gasteiger partial charge in [-0.05, 0) is 43.7 Å². The molecule has 2 rings (SSSR count). The van der Waals surface area contributed by atoms with E-state index in [2.05, 4.69) is 31.3 Å². The summed E-state index contributed by atoms with van der Waals surface area (Å²) in [5, 5.41) is 3.41. The molecular formula is C13H16N2S. The molecule has 0 fully saturated rings. The maximum absolute atomic E-state index is 5.76. The largest absolute Gasteiger partial charge is 0.399 e. The number of hydrogen-bond acceptors (Lipinski definition) is 3. The Bertz CT molecular complexity index is 488. The quantitative estimate of drug-likeness (QED) is 0.794. The molecule has 2 aromatic rings. The third-order valence-corrected chi connectivity index (χ3v) is 3.51. The van der Waals surface area contributed by atoms with E-state index in [4.69, 9.17) is 5.73 Å². The molecule has 3 heteroatoms. The smallest absolute Gasteiger partial charge is 0.0494 e. The van der Waals surface area contributed by atoms with Gasteiger partial charge in [0.05, 0.1) is 0 Å². The van der Waals surface area contributed by atoms with E-state index in [1.54, 1.807) is 0 Å². The molecule has 0 aliphatic rings. The fourth-order valence-electron chi connectivity index (χ4n) is 1.59. The first kappa shape index (κ1) is 11.0. The zero-order valence-corrected chi connectivity index (χ0v) is 10.4. The Labute approximate surface area is 100 Å². The number of aryl methyl sites for hydroxylation is 2. The summed E-state index contributed by atoms with van der Waals surface area (Å²) >= 11 is 1.82. The summed E-state index contributed by atoms with van der Waals surface area (Å²) in [7, 11) is 0. The van der Waals surface area contributed by atoms with E-state index in [9.17, 15) is 0 Å². The van der Waals surface area contributed by atoms with Gasteiger partial charge in [-0.25, -0.2) is 0 Å². The van der Waals surface area contributed by atoms with Crippen molar-refractivity contribution < 1.29 is 0 Å². The van der Waals surface area contributed by atoms with Crippen LogP contribution < -0.4 is 11.1 Å². The van der Waals surface area contributed by atoms with E-state index < -0.39 is 0 Å². The summed E-state index contributed by atoms with van der Waals surface area (Å²) in [6, 6.07) is 10.3. The molecule has 1 heterocycles. The van der Waals surface area contributed by atoms with Gasteiger partial charge in [0, 0.05) is 27.7 Å². The number of nitrogens with two attached hydrogens (primary N) is 1. The first-order valence-electron chi connectivity index (χ1n) is 5.30. The number of anilines is 2. The highest BCUT2D eigenvalue weighted by Gasteiger charge is 2.00. The normalized spacial score (nSPS) is 10.4. The van der Waals surface area contributed by atoms with E-state index in [1.807, 2.05) is 29.5 Å². The molecule has 0 unspecified atom stereocenters. The van der Waals surface area contributed by atoms with Gasteiger partial charge in [-0.15, -0.1) is 11.3 Å². The van der Waals surface area contributed by atoms with Crippen LogP contribution in [0.3, 0.4) is 0 Å². The molecule has 3 N–H and O–H groups in total. The number of nitrogen functional groups attached to an aromatic ring is 1. The molecule has 0 aliphatic heterocycles. The predicted octanol–water partition coefficient (Wildman–Crippen LogP) is 3.56. The van der Waals surface area contributed by atoms with Gasteiger partial charge in [-0.2, -0.15) is 0 Å². The van der Waals surface area contributed by atoms with Crippen molar-refractivity contribution in [3.8, 4) is 0 Å². The molecule has 0 bridgehead atoms. The average molecular weight is 232 g/mol. The van der Waals surface area contributed by atoms with Crippen LogP contribution in [0.5, 0.6) is 0 Å². The molecule has 2 nitrogen and oxygen atoms in total. The van der Waals surface area contributed by atoms with Crippen LogP contribution in [0.15, 0.2) is 30.3 Å². The third kappa shape index (κ3) is 2.55. The van der Waals surface area contributed by atoms with E-state index in [0.29, 0.717) is 0 Å². The number of hydrogen-bond donors (Lipinski definition) is 2. The summed E-state index contributed by atoms with van der Waals surface area (Å²) in [6.07, 6.45) is 0. The lowest BCUT2D eigenvalue weighted by atomic mass is 10.2. The minimum absolute atomic E-state index is 0.801. The molecule has 0 radical (unpaired) electrons. The Hall–Kier alpha value is -1.48. The second kappa shape index (κ2) is 4.58.